The summed E-state index contributed by atoms with van der Waals surface area (Å²) in [6, 6.07) is 9.48. The van der Waals surface area contributed by atoms with E-state index in [2.05, 4.69) is 0 Å². The predicted molar refractivity (Wildman–Crippen MR) is 58.0 cm³/mol. The molecule has 0 aliphatic carbocycles. The van der Waals surface area contributed by atoms with Crippen molar-refractivity contribution < 1.29 is 19.4 Å². The van der Waals surface area contributed by atoms with Crippen molar-refractivity contribution in [1.29, 1.82) is 0 Å². The van der Waals surface area contributed by atoms with E-state index in [1.165, 1.54) is 6.92 Å². The summed E-state index contributed by atoms with van der Waals surface area (Å²) in [5, 5.41) is 8.82. The van der Waals surface area contributed by atoms with Crippen LogP contribution >= 0.6 is 0 Å². The molecule has 4 nitrogen and oxygen atoms in total. The summed E-state index contributed by atoms with van der Waals surface area (Å²) in [5.41, 5.74) is 1.03. The summed E-state index contributed by atoms with van der Waals surface area (Å²) in [4.78, 5) is 21.5. The number of rotatable bonds is 5. The minimum absolute atomic E-state index is 0.291. The first-order valence-corrected chi connectivity index (χ1v) is 5.03. The van der Waals surface area contributed by atoms with E-state index in [1.54, 1.807) is 0 Å². The second-order valence-corrected chi connectivity index (χ2v) is 3.46. The molecule has 86 valence electrons. The van der Waals surface area contributed by atoms with Gasteiger partial charge in [0, 0.05) is 6.92 Å². The number of hydrogen-bond donors (Lipinski definition) is 1. The zero-order chi connectivity index (χ0) is 12.0. The van der Waals surface area contributed by atoms with Crippen LogP contribution in [0.5, 0.6) is 0 Å². The third-order valence-corrected chi connectivity index (χ3v) is 2.12. The minimum Gasteiger partial charge on any atom is -0.479 e. The van der Waals surface area contributed by atoms with E-state index >= 15 is 0 Å². The van der Waals surface area contributed by atoms with Crippen molar-refractivity contribution in [2.75, 3.05) is 0 Å². The maximum absolute atomic E-state index is 10.8. The molecule has 0 bridgehead atoms. The fourth-order valence-corrected chi connectivity index (χ4v) is 1.38. The lowest BCUT2D eigenvalue weighted by atomic mass is 10.1. The molecule has 0 heterocycles. The van der Waals surface area contributed by atoms with Gasteiger partial charge in [-0.25, -0.2) is 4.79 Å². The van der Waals surface area contributed by atoms with Crippen molar-refractivity contribution in [3.8, 4) is 0 Å². The van der Waals surface area contributed by atoms with Crippen LogP contribution in [0.2, 0.25) is 0 Å². The number of carboxylic acids is 1. The Hall–Kier alpha value is -1.84. The fourth-order valence-electron chi connectivity index (χ4n) is 1.38. The van der Waals surface area contributed by atoms with Crippen LogP contribution in [0.15, 0.2) is 30.3 Å². The van der Waals surface area contributed by atoms with Crippen LogP contribution in [0.3, 0.4) is 0 Å². The first-order valence-electron chi connectivity index (χ1n) is 5.03. The smallest absolute Gasteiger partial charge is 0.345 e. The van der Waals surface area contributed by atoms with Gasteiger partial charge in [-0.1, -0.05) is 30.3 Å². The minimum atomic E-state index is -1.11. The van der Waals surface area contributed by atoms with Crippen LogP contribution in [0, 0.1) is 0 Å². The molecule has 0 radical (unpaired) electrons. The molecule has 16 heavy (non-hydrogen) atoms. The van der Waals surface area contributed by atoms with Gasteiger partial charge in [-0.3, -0.25) is 4.79 Å². The monoisotopic (exact) mass is 222 g/mol. The third-order valence-electron chi connectivity index (χ3n) is 2.12. The second-order valence-electron chi connectivity index (χ2n) is 3.46. The number of carbonyl (C=O) groups excluding carboxylic acids is 1. The van der Waals surface area contributed by atoms with E-state index in [0.29, 0.717) is 12.8 Å². The molecule has 0 amide bonds. The van der Waals surface area contributed by atoms with Crippen molar-refractivity contribution in [3.05, 3.63) is 35.9 Å². The highest BCUT2D eigenvalue weighted by atomic mass is 16.6. The van der Waals surface area contributed by atoms with E-state index in [1.807, 2.05) is 30.3 Å². The lowest BCUT2D eigenvalue weighted by Crippen LogP contribution is -2.26. The Bertz CT molecular complexity index is 359. The van der Waals surface area contributed by atoms with Gasteiger partial charge in [0.05, 0.1) is 0 Å². The van der Waals surface area contributed by atoms with Crippen LogP contribution in [0.4, 0.5) is 0 Å². The molecule has 0 aromatic heterocycles. The van der Waals surface area contributed by atoms with E-state index in [-0.39, 0.29) is 0 Å². The average molecular weight is 222 g/mol. The molecule has 1 N–H and O–H groups in total. The maximum atomic E-state index is 10.8. The number of carboxylic acid groups (broad SMARTS) is 1. The predicted octanol–water partition coefficient (Wildman–Crippen LogP) is 1.64. The van der Waals surface area contributed by atoms with Crippen LogP contribution in [-0.4, -0.2) is 23.1 Å². The third kappa shape index (κ3) is 4.13. The Kier molecular flexibility index (Phi) is 4.51. The Morgan fingerprint density at radius 2 is 1.94 bits per heavy atom. The van der Waals surface area contributed by atoms with Gasteiger partial charge in [0.15, 0.2) is 6.10 Å². The summed E-state index contributed by atoms with van der Waals surface area (Å²) < 4.78 is 4.70. The van der Waals surface area contributed by atoms with Gasteiger partial charge in [0.1, 0.15) is 0 Å². The zero-order valence-electron chi connectivity index (χ0n) is 9.05. The lowest BCUT2D eigenvalue weighted by molar-refractivity contribution is -0.162. The van der Waals surface area contributed by atoms with Crippen LogP contribution in [-0.2, 0) is 20.7 Å². The first-order chi connectivity index (χ1) is 7.59. The molecule has 0 saturated carbocycles. The Balaban J connectivity index is 2.50. The Morgan fingerprint density at radius 1 is 1.31 bits per heavy atom. The summed E-state index contributed by atoms with van der Waals surface area (Å²) in [5.74, 6) is -1.67. The van der Waals surface area contributed by atoms with Crippen molar-refractivity contribution in [1.82, 2.24) is 0 Å². The number of esters is 1. The van der Waals surface area contributed by atoms with Crippen LogP contribution in [0.25, 0.3) is 0 Å². The summed E-state index contributed by atoms with van der Waals surface area (Å²) >= 11 is 0. The Morgan fingerprint density at radius 3 is 2.44 bits per heavy atom. The molecule has 0 spiro atoms. The lowest BCUT2D eigenvalue weighted by Gasteiger charge is -2.12. The molecular formula is C12H14O4. The molecule has 1 atom stereocenters. The quantitative estimate of drug-likeness (QED) is 0.769. The van der Waals surface area contributed by atoms with E-state index < -0.39 is 18.0 Å². The van der Waals surface area contributed by atoms with Gasteiger partial charge in [0.25, 0.3) is 0 Å². The molecule has 0 saturated heterocycles. The largest absolute Gasteiger partial charge is 0.479 e. The molecule has 0 aliphatic rings. The Labute approximate surface area is 93.9 Å². The number of carbonyl (C=O) groups is 2. The average Bonchev–Trinajstić information content (AvgIpc) is 2.25. The number of aryl methyl sites for hydroxylation is 1. The normalized spacial score (nSPS) is 11.8. The van der Waals surface area contributed by atoms with Gasteiger partial charge in [-0.15, -0.1) is 0 Å². The van der Waals surface area contributed by atoms with E-state index in [0.717, 1.165) is 5.56 Å². The SMILES string of the molecule is CC(=O)OC(CCc1ccccc1)C(=O)O. The highest BCUT2D eigenvalue weighted by Crippen LogP contribution is 2.08. The van der Waals surface area contributed by atoms with Crippen molar-refractivity contribution in [3.63, 3.8) is 0 Å². The van der Waals surface area contributed by atoms with Crippen LogP contribution in [0.1, 0.15) is 18.9 Å². The van der Waals surface area contributed by atoms with Crippen molar-refractivity contribution in [2.45, 2.75) is 25.9 Å². The number of ether oxygens (including phenoxy) is 1. The van der Waals surface area contributed by atoms with Gasteiger partial charge < -0.3 is 9.84 Å². The molecule has 1 unspecified atom stereocenters. The van der Waals surface area contributed by atoms with Crippen molar-refractivity contribution in [2.24, 2.45) is 0 Å². The van der Waals surface area contributed by atoms with Gasteiger partial charge in [0.2, 0.25) is 0 Å². The van der Waals surface area contributed by atoms with E-state index in [4.69, 9.17) is 9.84 Å². The number of benzene rings is 1. The summed E-state index contributed by atoms with van der Waals surface area (Å²) in [6.45, 7) is 1.21. The fraction of sp³-hybridized carbons (Fsp3) is 0.333. The zero-order valence-corrected chi connectivity index (χ0v) is 9.05. The maximum Gasteiger partial charge on any atom is 0.345 e. The second kappa shape index (κ2) is 5.90. The highest BCUT2D eigenvalue weighted by molar-refractivity contribution is 5.76. The molecule has 4 heteroatoms. The summed E-state index contributed by atoms with van der Waals surface area (Å²) in [6.07, 6.45) is -0.193. The molecule has 1 rings (SSSR count). The molecule has 1 aromatic rings. The van der Waals surface area contributed by atoms with Gasteiger partial charge in [-0.05, 0) is 18.4 Å². The van der Waals surface area contributed by atoms with Crippen molar-refractivity contribution >= 4 is 11.9 Å². The molecular weight excluding hydrogens is 208 g/mol. The number of hydrogen-bond acceptors (Lipinski definition) is 3. The highest BCUT2D eigenvalue weighted by Gasteiger charge is 2.19. The first kappa shape index (κ1) is 12.2. The molecule has 0 fully saturated rings. The summed E-state index contributed by atoms with van der Waals surface area (Å²) in [7, 11) is 0. The van der Waals surface area contributed by atoms with Gasteiger partial charge in [-0.2, -0.15) is 0 Å². The molecule has 1 aromatic carbocycles. The topological polar surface area (TPSA) is 63.6 Å². The number of aliphatic carboxylic acids is 1. The van der Waals surface area contributed by atoms with Crippen LogP contribution < -0.4 is 0 Å². The van der Waals surface area contributed by atoms with E-state index in [9.17, 15) is 9.59 Å². The van der Waals surface area contributed by atoms with Gasteiger partial charge >= 0.3 is 11.9 Å². The standard InChI is InChI=1S/C12H14O4/c1-9(13)16-11(12(14)15)8-7-10-5-3-2-4-6-10/h2-6,11H,7-8H2,1H3,(H,14,15). The molecule has 0 aliphatic heterocycles.